The molecule has 4 aliphatic rings. The Morgan fingerprint density at radius 3 is 2.43 bits per heavy atom. The van der Waals surface area contributed by atoms with Crippen molar-refractivity contribution in [1.29, 1.82) is 0 Å². The Balaban J connectivity index is 1.30. The van der Waals surface area contributed by atoms with Crippen molar-refractivity contribution >= 4 is 39.3 Å². The maximum Gasteiger partial charge on any atom is 0.245 e. The van der Waals surface area contributed by atoms with Crippen LogP contribution in [0.15, 0.2) is 60.7 Å². The molecule has 42 heavy (non-hydrogen) atoms. The normalized spacial score (nSPS) is 31.1. The van der Waals surface area contributed by atoms with E-state index >= 15 is 0 Å². The zero-order valence-corrected chi connectivity index (χ0v) is 24.9. The summed E-state index contributed by atoms with van der Waals surface area (Å²) in [4.78, 5) is 45.8. The largest absolute Gasteiger partial charge is 0.394 e. The molecule has 4 fully saturated rings. The lowest BCUT2D eigenvalue weighted by Crippen LogP contribution is -2.59. The summed E-state index contributed by atoms with van der Waals surface area (Å²) in [6.45, 7) is 3.65. The molecule has 0 saturated carbocycles. The fourth-order valence-electron chi connectivity index (χ4n) is 7.20. The molecule has 3 unspecified atom stereocenters. The zero-order chi connectivity index (χ0) is 29.3. The number of likely N-dealkylation sites (tertiary alicyclic amines) is 1. The Labute approximate surface area is 253 Å². The Hall–Kier alpha value is -2.83. The van der Waals surface area contributed by atoms with Crippen LogP contribution >= 0.6 is 15.9 Å². The van der Waals surface area contributed by atoms with Gasteiger partial charge < -0.3 is 30.1 Å². The number of fused-ring (bicyclic) bond motifs is 1. The monoisotopic (exact) mass is 640 g/mol. The molecule has 3 N–H and O–H groups in total. The first-order valence-corrected chi connectivity index (χ1v) is 15.6. The summed E-state index contributed by atoms with van der Waals surface area (Å²) in [6.07, 6.45) is 0.214. The van der Waals surface area contributed by atoms with Gasteiger partial charge in [-0.25, -0.2) is 0 Å². The minimum Gasteiger partial charge on any atom is -0.394 e. The van der Waals surface area contributed by atoms with Crippen molar-refractivity contribution in [3.05, 3.63) is 66.2 Å². The van der Waals surface area contributed by atoms with E-state index in [0.717, 1.165) is 18.7 Å². The Bertz CT molecular complexity index is 1280. The maximum absolute atomic E-state index is 14.4. The van der Waals surface area contributed by atoms with Gasteiger partial charge in [-0.1, -0.05) is 64.5 Å². The van der Waals surface area contributed by atoms with Gasteiger partial charge in [-0.15, -0.1) is 0 Å². The van der Waals surface area contributed by atoms with E-state index in [1.165, 1.54) is 4.90 Å². The summed E-state index contributed by atoms with van der Waals surface area (Å²) < 4.78 is 12.0. The lowest BCUT2D eigenvalue weighted by Gasteiger charge is -2.37. The summed E-state index contributed by atoms with van der Waals surface area (Å²) in [5, 5.41) is 16.6. The highest BCUT2D eigenvalue weighted by Crippen LogP contribution is 2.60. The number of benzene rings is 2. The average molecular weight is 642 g/mol. The molecule has 1 spiro atoms. The third-order valence-corrected chi connectivity index (χ3v) is 9.91. The van der Waals surface area contributed by atoms with Gasteiger partial charge in [-0.05, 0) is 30.5 Å². The number of carbonyl (C=O) groups excluding carboxylic acids is 3. The van der Waals surface area contributed by atoms with Crippen molar-refractivity contribution in [2.45, 2.75) is 41.5 Å². The Morgan fingerprint density at radius 2 is 1.74 bits per heavy atom. The van der Waals surface area contributed by atoms with E-state index in [-0.39, 0.29) is 29.2 Å². The Morgan fingerprint density at radius 1 is 1.05 bits per heavy atom. The predicted molar refractivity (Wildman–Crippen MR) is 159 cm³/mol. The van der Waals surface area contributed by atoms with Gasteiger partial charge in [0.15, 0.2) is 0 Å². The number of anilines is 1. The van der Waals surface area contributed by atoms with E-state index < -0.39 is 35.6 Å². The van der Waals surface area contributed by atoms with E-state index in [1.54, 1.807) is 12.1 Å². The van der Waals surface area contributed by atoms with Crippen LogP contribution in [0.25, 0.3) is 0 Å². The van der Waals surface area contributed by atoms with Gasteiger partial charge in [0.05, 0.1) is 43.8 Å². The van der Waals surface area contributed by atoms with Gasteiger partial charge in [-0.3, -0.25) is 19.3 Å². The van der Waals surface area contributed by atoms with Crippen LogP contribution in [0.3, 0.4) is 0 Å². The first-order valence-electron chi connectivity index (χ1n) is 14.7. The van der Waals surface area contributed by atoms with E-state index in [0.29, 0.717) is 44.8 Å². The van der Waals surface area contributed by atoms with Crippen molar-refractivity contribution < 1.29 is 29.0 Å². The van der Waals surface area contributed by atoms with Crippen LogP contribution in [0.2, 0.25) is 0 Å². The first-order chi connectivity index (χ1) is 20.4. The van der Waals surface area contributed by atoms with Crippen molar-refractivity contribution in [2.75, 3.05) is 51.3 Å². The van der Waals surface area contributed by atoms with Crippen LogP contribution in [0.5, 0.6) is 0 Å². The smallest absolute Gasteiger partial charge is 0.245 e. The number of ether oxygens (including phenoxy) is 2. The van der Waals surface area contributed by atoms with Crippen LogP contribution in [-0.2, 0) is 30.3 Å². The SMILES string of the molecule is O=C(NCCN1CCOCC1)C1N([C@@H](CO)Cc2ccccc2)C(=O)[C@@H]2[C@@H](C(=O)Nc3ccccc3)[C@@H]3OC12CC3Br. The van der Waals surface area contributed by atoms with E-state index in [1.807, 2.05) is 48.5 Å². The maximum atomic E-state index is 14.4. The molecule has 7 atom stereocenters. The molecule has 0 aromatic heterocycles. The highest BCUT2D eigenvalue weighted by atomic mass is 79.9. The molecule has 10 nitrogen and oxygen atoms in total. The third kappa shape index (κ3) is 5.37. The fourth-order valence-corrected chi connectivity index (χ4v) is 8.15. The van der Waals surface area contributed by atoms with Gasteiger partial charge in [0.1, 0.15) is 11.6 Å². The Kier molecular flexibility index (Phi) is 8.65. The second kappa shape index (κ2) is 12.4. The number of alkyl halides is 1. The second-order valence-corrected chi connectivity index (χ2v) is 12.7. The molecule has 6 rings (SSSR count). The molecule has 4 saturated heterocycles. The summed E-state index contributed by atoms with van der Waals surface area (Å²) in [5.41, 5.74) is 0.372. The average Bonchev–Trinajstić information content (AvgIpc) is 3.60. The molecular formula is C31H37BrN4O6. The number of morpholine rings is 1. The summed E-state index contributed by atoms with van der Waals surface area (Å²) in [6, 6.07) is 17.1. The predicted octanol–water partition coefficient (Wildman–Crippen LogP) is 1.43. The highest BCUT2D eigenvalue weighted by Gasteiger charge is 2.77. The number of aliphatic hydroxyl groups excluding tert-OH is 1. The quantitative estimate of drug-likeness (QED) is 0.336. The van der Waals surface area contributed by atoms with Gasteiger partial charge in [0, 0.05) is 36.7 Å². The van der Waals surface area contributed by atoms with Crippen LogP contribution in [-0.4, -0.2) is 107 Å². The number of halogens is 1. The minimum absolute atomic E-state index is 0.210. The lowest BCUT2D eigenvalue weighted by atomic mass is 9.70. The van der Waals surface area contributed by atoms with Crippen LogP contribution < -0.4 is 10.6 Å². The van der Waals surface area contributed by atoms with E-state index in [2.05, 4.69) is 31.5 Å². The van der Waals surface area contributed by atoms with Gasteiger partial charge in [0.25, 0.3) is 0 Å². The van der Waals surface area contributed by atoms with Crippen molar-refractivity contribution in [2.24, 2.45) is 11.8 Å². The number of aliphatic hydroxyl groups is 1. The number of hydrogen-bond acceptors (Lipinski definition) is 7. The number of nitrogens with one attached hydrogen (secondary N) is 2. The molecule has 11 heteroatoms. The second-order valence-electron chi connectivity index (χ2n) is 11.5. The van der Waals surface area contributed by atoms with Crippen LogP contribution in [0, 0.1) is 11.8 Å². The number of rotatable bonds is 10. The summed E-state index contributed by atoms with van der Waals surface area (Å²) in [5.74, 6) is -2.60. The zero-order valence-electron chi connectivity index (χ0n) is 23.4. The molecule has 3 amide bonds. The topological polar surface area (TPSA) is 120 Å². The molecule has 224 valence electrons. The molecule has 0 radical (unpaired) electrons. The van der Waals surface area contributed by atoms with E-state index in [9.17, 15) is 19.5 Å². The third-order valence-electron chi connectivity index (χ3n) is 9.07. The number of nitrogens with zero attached hydrogens (tertiary/aromatic N) is 2. The molecule has 0 aliphatic carbocycles. The molecule has 4 heterocycles. The van der Waals surface area contributed by atoms with Crippen LogP contribution in [0.1, 0.15) is 12.0 Å². The van der Waals surface area contributed by atoms with Crippen molar-refractivity contribution in [3.8, 4) is 0 Å². The number of carbonyl (C=O) groups is 3. The standard InChI is InChI=1S/C31H37BrN4O6/c32-23-18-31-25(24(26(23)42-31)28(38)34-21-9-5-2-6-10-21)30(40)36(22(19-37)17-20-7-3-1-4-8-20)27(31)29(39)33-11-12-35-13-15-41-16-14-35/h1-10,22-27,37H,11-19H2,(H,33,39)(H,34,38)/t22-,23?,24-,25+,26-,27?,31?/m1/s1. The fraction of sp³-hybridized carbons (Fsp3) is 0.516. The molecular weight excluding hydrogens is 604 g/mol. The molecule has 4 aliphatic heterocycles. The molecule has 2 aromatic carbocycles. The van der Waals surface area contributed by atoms with Crippen molar-refractivity contribution in [1.82, 2.24) is 15.1 Å². The van der Waals surface area contributed by atoms with Gasteiger partial charge >= 0.3 is 0 Å². The number of hydrogen-bond donors (Lipinski definition) is 3. The lowest BCUT2D eigenvalue weighted by molar-refractivity contribution is -0.145. The first kappa shape index (κ1) is 29.3. The van der Waals surface area contributed by atoms with Crippen LogP contribution in [0.4, 0.5) is 5.69 Å². The molecule has 2 bridgehead atoms. The highest BCUT2D eigenvalue weighted by molar-refractivity contribution is 9.09. The number of amides is 3. The van der Waals surface area contributed by atoms with Crippen molar-refractivity contribution in [3.63, 3.8) is 0 Å². The summed E-state index contributed by atoms with van der Waals surface area (Å²) in [7, 11) is 0. The summed E-state index contributed by atoms with van der Waals surface area (Å²) >= 11 is 3.72. The number of para-hydroxylation sites is 1. The molecule has 2 aromatic rings. The van der Waals surface area contributed by atoms with E-state index in [4.69, 9.17) is 9.47 Å². The minimum atomic E-state index is -1.19. The van der Waals surface area contributed by atoms with Gasteiger partial charge in [-0.2, -0.15) is 0 Å². The van der Waals surface area contributed by atoms with Gasteiger partial charge in [0.2, 0.25) is 17.7 Å².